The number of ether oxygens (including phenoxy) is 2. The molecule has 2 aromatic rings. The van der Waals surface area contributed by atoms with E-state index in [1.54, 1.807) is 4.90 Å². The lowest BCUT2D eigenvalue weighted by atomic mass is 10.1. The van der Waals surface area contributed by atoms with Crippen LogP contribution in [-0.2, 0) is 20.9 Å². The number of rotatable bonds is 5. The van der Waals surface area contributed by atoms with Crippen LogP contribution in [0.2, 0.25) is 0 Å². The molecule has 1 heterocycles. The van der Waals surface area contributed by atoms with Crippen LogP contribution in [0, 0.1) is 0 Å². The van der Waals surface area contributed by atoms with Gasteiger partial charge in [-0.05, 0) is 52.3 Å². The zero-order chi connectivity index (χ0) is 21.2. The molecule has 0 saturated carbocycles. The first-order valence-electron chi connectivity index (χ1n) is 8.52. The summed E-state index contributed by atoms with van der Waals surface area (Å²) in [6, 6.07) is 7.11. The molecule has 1 fully saturated rings. The summed E-state index contributed by atoms with van der Waals surface area (Å²) in [4.78, 5) is 1.67. The van der Waals surface area contributed by atoms with E-state index in [0.717, 1.165) is 12.1 Å². The summed E-state index contributed by atoms with van der Waals surface area (Å²) in [6.45, 7) is 1.68. The van der Waals surface area contributed by atoms with E-state index in [1.165, 1.54) is 31.4 Å². The molecule has 0 radical (unpaired) electrons. The second-order valence-corrected chi connectivity index (χ2v) is 8.77. The quantitative estimate of drug-likeness (QED) is 0.677. The van der Waals surface area contributed by atoms with Crippen LogP contribution in [0.4, 0.5) is 24.5 Å². The number of sulfonamides is 1. The summed E-state index contributed by atoms with van der Waals surface area (Å²) in [6.07, 6.45) is -4.60. The van der Waals surface area contributed by atoms with Crippen molar-refractivity contribution in [1.82, 2.24) is 0 Å². The number of anilines is 2. The molecule has 1 aliphatic heterocycles. The smallest absolute Gasteiger partial charge is 0.416 e. The SMILES string of the molecule is COc1ccc(S(=O)(=O)Nc2cc(C(F)(F)F)ccc2N2CCOCC2)cc1Br. The zero-order valence-corrected chi connectivity index (χ0v) is 17.7. The Morgan fingerprint density at radius 2 is 1.83 bits per heavy atom. The van der Waals surface area contributed by atoms with Gasteiger partial charge in [-0.3, -0.25) is 4.72 Å². The Bertz CT molecular complexity index is 993. The van der Waals surface area contributed by atoms with Crippen LogP contribution in [0.25, 0.3) is 0 Å². The normalized spacial score (nSPS) is 15.3. The molecule has 1 N–H and O–H groups in total. The van der Waals surface area contributed by atoms with Crippen molar-refractivity contribution >= 4 is 37.3 Å². The van der Waals surface area contributed by atoms with Gasteiger partial charge in [0.1, 0.15) is 5.75 Å². The van der Waals surface area contributed by atoms with Gasteiger partial charge >= 0.3 is 6.18 Å². The highest BCUT2D eigenvalue weighted by Gasteiger charge is 2.32. The fourth-order valence-electron chi connectivity index (χ4n) is 2.89. The molecule has 0 unspecified atom stereocenters. The zero-order valence-electron chi connectivity index (χ0n) is 15.3. The third-order valence-corrected chi connectivity index (χ3v) is 6.34. The fourth-order valence-corrected chi connectivity index (χ4v) is 4.68. The number of benzene rings is 2. The van der Waals surface area contributed by atoms with Crippen molar-refractivity contribution in [3.63, 3.8) is 0 Å². The molecule has 0 aliphatic carbocycles. The van der Waals surface area contributed by atoms with Crippen molar-refractivity contribution in [2.75, 3.05) is 43.0 Å². The summed E-state index contributed by atoms with van der Waals surface area (Å²) < 4.78 is 78.4. The van der Waals surface area contributed by atoms with Crippen molar-refractivity contribution in [2.24, 2.45) is 0 Å². The molecular formula is C18H18BrF3N2O4S. The van der Waals surface area contributed by atoms with Gasteiger partial charge < -0.3 is 14.4 Å². The van der Waals surface area contributed by atoms with Gasteiger partial charge in [-0.15, -0.1) is 0 Å². The van der Waals surface area contributed by atoms with Gasteiger partial charge in [0.2, 0.25) is 0 Å². The average Bonchev–Trinajstić information content (AvgIpc) is 2.67. The van der Waals surface area contributed by atoms with Crippen LogP contribution < -0.4 is 14.4 Å². The molecule has 0 bridgehead atoms. The van der Waals surface area contributed by atoms with E-state index in [0.29, 0.717) is 42.2 Å². The number of methoxy groups -OCH3 is 1. The number of hydrogen-bond donors (Lipinski definition) is 1. The molecule has 11 heteroatoms. The van der Waals surface area contributed by atoms with Crippen molar-refractivity contribution in [1.29, 1.82) is 0 Å². The highest BCUT2D eigenvalue weighted by atomic mass is 79.9. The molecule has 1 saturated heterocycles. The second-order valence-electron chi connectivity index (χ2n) is 6.23. The maximum Gasteiger partial charge on any atom is 0.416 e. The van der Waals surface area contributed by atoms with Gasteiger partial charge in [-0.25, -0.2) is 8.42 Å². The Balaban J connectivity index is 2.01. The molecule has 3 rings (SSSR count). The lowest BCUT2D eigenvalue weighted by Crippen LogP contribution is -2.36. The van der Waals surface area contributed by atoms with Crippen LogP contribution >= 0.6 is 15.9 Å². The predicted molar refractivity (Wildman–Crippen MR) is 106 cm³/mol. The van der Waals surface area contributed by atoms with E-state index < -0.39 is 21.8 Å². The standard InChI is InChI=1S/C18H18BrF3N2O4S/c1-27-17-5-3-13(11-14(17)19)29(25,26)23-15-10-12(18(20,21)22)2-4-16(15)24-6-8-28-9-7-24/h2-5,10-11,23H,6-9H2,1H3. The molecule has 1 aliphatic rings. The molecule has 2 aromatic carbocycles. The Labute approximate surface area is 174 Å². The summed E-state index contributed by atoms with van der Waals surface area (Å²) in [5.41, 5.74) is -0.728. The number of nitrogens with one attached hydrogen (secondary N) is 1. The Morgan fingerprint density at radius 1 is 1.14 bits per heavy atom. The number of nitrogens with zero attached hydrogens (tertiary/aromatic N) is 1. The van der Waals surface area contributed by atoms with Gasteiger partial charge in [0.25, 0.3) is 10.0 Å². The van der Waals surface area contributed by atoms with Crippen LogP contribution in [0.5, 0.6) is 5.75 Å². The number of halogens is 4. The van der Waals surface area contributed by atoms with E-state index in [4.69, 9.17) is 9.47 Å². The molecule has 0 atom stereocenters. The third-order valence-electron chi connectivity index (χ3n) is 4.35. The van der Waals surface area contributed by atoms with Crippen LogP contribution in [0.1, 0.15) is 5.56 Å². The molecule has 0 aromatic heterocycles. The van der Waals surface area contributed by atoms with E-state index in [1.807, 2.05) is 0 Å². The first-order valence-corrected chi connectivity index (χ1v) is 10.8. The van der Waals surface area contributed by atoms with Crippen LogP contribution in [-0.4, -0.2) is 41.8 Å². The molecule has 29 heavy (non-hydrogen) atoms. The van der Waals surface area contributed by atoms with Crippen molar-refractivity contribution in [2.45, 2.75) is 11.1 Å². The maximum atomic E-state index is 13.2. The topological polar surface area (TPSA) is 67.9 Å². The molecular weight excluding hydrogens is 477 g/mol. The van der Waals surface area contributed by atoms with Crippen molar-refractivity contribution in [3.05, 3.63) is 46.4 Å². The number of hydrogen-bond acceptors (Lipinski definition) is 5. The minimum atomic E-state index is -4.60. The lowest BCUT2D eigenvalue weighted by Gasteiger charge is -2.31. The van der Waals surface area contributed by atoms with E-state index in [2.05, 4.69) is 20.7 Å². The van der Waals surface area contributed by atoms with Crippen molar-refractivity contribution in [3.8, 4) is 5.75 Å². The highest BCUT2D eigenvalue weighted by molar-refractivity contribution is 9.10. The summed E-state index contributed by atoms with van der Waals surface area (Å²) in [7, 11) is -2.71. The number of morpholine rings is 1. The Hall–Kier alpha value is -1.98. The molecule has 158 valence electrons. The summed E-state index contributed by atoms with van der Waals surface area (Å²) >= 11 is 3.21. The minimum Gasteiger partial charge on any atom is -0.496 e. The maximum absolute atomic E-state index is 13.2. The van der Waals surface area contributed by atoms with Crippen LogP contribution in [0.3, 0.4) is 0 Å². The first-order chi connectivity index (χ1) is 13.6. The van der Waals surface area contributed by atoms with Gasteiger partial charge in [0.15, 0.2) is 0 Å². The Morgan fingerprint density at radius 3 is 2.41 bits per heavy atom. The lowest BCUT2D eigenvalue weighted by molar-refractivity contribution is -0.137. The van der Waals surface area contributed by atoms with Gasteiger partial charge in [-0.2, -0.15) is 13.2 Å². The first kappa shape index (κ1) is 21.7. The summed E-state index contributed by atoms with van der Waals surface area (Å²) in [5, 5.41) is 0. The minimum absolute atomic E-state index is 0.115. The largest absolute Gasteiger partial charge is 0.496 e. The predicted octanol–water partition coefficient (Wildman–Crippen LogP) is 4.11. The van der Waals surface area contributed by atoms with Gasteiger partial charge in [-0.1, -0.05) is 0 Å². The van der Waals surface area contributed by atoms with E-state index >= 15 is 0 Å². The molecule has 6 nitrogen and oxygen atoms in total. The Kier molecular flexibility index (Phi) is 6.30. The number of alkyl halides is 3. The summed E-state index contributed by atoms with van der Waals surface area (Å²) in [5.74, 6) is 0.428. The van der Waals surface area contributed by atoms with Gasteiger partial charge in [0, 0.05) is 13.1 Å². The van der Waals surface area contributed by atoms with E-state index in [9.17, 15) is 21.6 Å². The van der Waals surface area contributed by atoms with Crippen LogP contribution in [0.15, 0.2) is 45.8 Å². The van der Waals surface area contributed by atoms with Crippen molar-refractivity contribution < 1.29 is 31.1 Å². The average molecular weight is 495 g/mol. The van der Waals surface area contributed by atoms with Gasteiger partial charge in [0.05, 0.1) is 46.6 Å². The fraction of sp³-hybridized carbons (Fsp3) is 0.333. The monoisotopic (exact) mass is 494 g/mol. The third kappa shape index (κ3) is 4.96. The highest BCUT2D eigenvalue weighted by Crippen LogP contribution is 2.37. The second kappa shape index (κ2) is 8.41. The molecule has 0 spiro atoms. The van der Waals surface area contributed by atoms with E-state index in [-0.39, 0.29) is 10.6 Å². The molecule has 0 amide bonds.